The molecule has 0 spiro atoms. The average Bonchev–Trinajstić information content (AvgIpc) is 3.29. The third-order valence-electron chi connectivity index (χ3n) is 4.02. The zero-order chi connectivity index (χ0) is 18.1. The molecule has 4 rings (SSSR count). The van der Waals surface area contributed by atoms with Gasteiger partial charge >= 0.3 is 0 Å². The smallest absolute Gasteiger partial charge is 0.252 e. The third-order valence-corrected chi connectivity index (χ3v) is 4.82. The first kappa shape index (κ1) is 16.2. The van der Waals surface area contributed by atoms with E-state index >= 15 is 0 Å². The molecule has 0 saturated carbocycles. The number of aromatic hydroxyl groups is 1. The summed E-state index contributed by atoms with van der Waals surface area (Å²) >= 11 is 1.47. The van der Waals surface area contributed by atoms with Crippen LogP contribution in [0, 0.1) is 0 Å². The number of hydrogen-bond acceptors (Lipinski definition) is 6. The second-order valence-corrected chi connectivity index (χ2v) is 6.64. The van der Waals surface area contributed by atoms with Crippen molar-refractivity contribution in [3.05, 3.63) is 65.2 Å². The number of rotatable bonds is 5. The van der Waals surface area contributed by atoms with Crippen LogP contribution in [0.25, 0.3) is 22.2 Å². The number of aromatic nitrogens is 1. The number of nitrogens with two attached hydrogens (primary N) is 1. The number of thiazole rings is 1. The largest absolute Gasteiger partial charge is 0.507 e. The number of carbonyl (C=O) groups excluding carboxylic acids is 1. The number of benzene rings is 2. The van der Waals surface area contributed by atoms with E-state index in [0.29, 0.717) is 12.2 Å². The van der Waals surface area contributed by atoms with E-state index in [9.17, 15) is 9.90 Å². The third kappa shape index (κ3) is 3.12. The summed E-state index contributed by atoms with van der Waals surface area (Å²) in [6.45, 7) is 0.635. The van der Waals surface area contributed by atoms with Gasteiger partial charge in [-0.25, -0.2) is 4.98 Å². The molecular formula is C19H15N3O3S. The Labute approximate surface area is 152 Å². The zero-order valence-corrected chi connectivity index (χ0v) is 14.4. The predicted molar refractivity (Wildman–Crippen MR) is 101 cm³/mol. The van der Waals surface area contributed by atoms with Gasteiger partial charge in [-0.05, 0) is 42.0 Å². The van der Waals surface area contributed by atoms with Gasteiger partial charge in [0.05, 0.1) is 17.5 Å². The fourth-order valence-electron chi connectivity index (χ4n) is 2.68. The summed E-state index contributed by atoms with van der Waals surface area (Å²) in [5, 5.41) is 16.7. The molecule has 0 atom stereocenters. The van der Waals surface area contributed by atoms with E-state index in [1.807, 2.05) is 23.6 Å². The summed E-state index contributed by atoms with van der Waals surface area (Å²) in [5.41, 5.74) is 8.78. The Hall–Kier alpha value is -3.32. The SMILES string of the molecule is NC(=O)c1cc(-c2csc(NCc3ccc4occc4c3)n2)ccc1O. The average molecular weight is 365 g/mol. The Balaban J connectivity index is 1.51. The maximum Gasteiger partial charge on any atom is 0.252 e. The van der Waals surface area contributed by atoms with E-state index in [-0.39, 0.29) is 11.3 Å². The van der Waals surface area contributed by atoms with Crippen LogP contribution in [0.5, 0.6) is 5.75 Å². The lowest BCUT2D eigenvalue weighted by molar-refractivity contribution is 0.0998. The number of anilines is 1. The first-order valence-electron chi connectivity index (χ1n) is 7.89. The zero-order valence-electron chi connectivity index (χ0n) is 13.6. The Kier molecular flexibility index (Phi) is 4.06. The van der Waals surface area contributed by atoms with E-state index in [1.165, 1.54) is 17.4 Å². The highest BCUT2D eigenvalue weighted by molar-refractivity contribution is 7.14. The van der Waals surface area contributed by atoms with Crippen LogP contribution in [0.15, 0.2) is 58.5 Å². The summed E-state index contributed by atoms with van der Waals surface area (Å²) in [7, 11) is 0. The van der Waals surface area contributed by atoms with Crippen LogP contribution in [-0.4, -0.2) is 16.0 Å². The minimum atomic E-state index is -0.674. The second kappa shape index (κ2) is 6.53. The topological polar surface area (TPSA) is 101 Å². The van der Waals surface area contributed by atoms with Crippen molar-refractivity contribution in [3.8, 4) is 17.0 Å². The lowest BCUT2D eigenvalue weighted by atomic mass is 10.1. The van der Waals surface area contributed by atoms with Crippen LogP contribution in [0.4, 0.5) is 5.13 Å². The first-order chi connectivity index (χ1) is 12.6. The molecule has 0 aliphatic heterocycles. The van der Waals surface area contributed by atoms with Crippen molar-refractivity contribution in [3.63, 3.8) is 0 Å². The van der Waals surface area contributed by atoms with Gasteiger partial charge in [0.25, 0.3) is 5.91 Å². The number of carbonyl (C=O) groups is 1. The van der Waals surface area contributed by atoms with Crippen molar-refractivity contribution in [1.29, 1.82) is 0 Å². The van der Waals surface area contributed by atoms with E-state index in [1.54, 1.807) is 18.4 Å². The molecule has 0 aliphatic rings. The van der Waals surface area contributed by atoms with E-state index in [4.69, 9.17) is 10.2 Å². The molecule has 0 fully saturated rings. The highest BCUT2D eigenvalue weighted by atomic mass is 32.1. The number of phenols is 1. The number of fused-ring (bicyclic) bond motifs is 1. The van der Waals surface area contributed by atoms with Gasteiger partial charge in [-0.3, -0.25) is 4.79 Å². The number of furan rings is 1. The van der Waals surface area contributed by atoms with Gasteiger partial charge in [0.15, 0.2) is 5.13 Å². The van der Waals surface area contributed by atoms with Crippen LogP contribution < -0.4 is 11.1 Å². The first-order valence-corrected chi connectivity index (χ1v) is 8.77. The standard InChI is InChI=1S/C19H15N3O3S/c20-18(24)14-8-12(2-3-16(14)23)15-10-26-19(22-15)21-9-11-1-4-17-13(7-11)5-6-25-17/h1-8,10,23H,9H2,(H2,20,24)(H,21,22). The fourth-order valence-corrected chi connectivity index (χ4v) is 3.40. The summed E-state index contributed by atoms with van der Waals surface area (Å²) in [5.74, 6) is -0.808. The van der Waals surface area contributed by atoms with Crippen molar-refractivity contribution in [2.45, 2.75) is 6.54 Å². The van der Waals surface area contributed by atoms with E-state index in [0.717, 1.165) is 27.2 Å². The van der Waals surface area contributed by atoms with Crippen molar-refractivity contribution in [1.82, 2.24) is 4.98 Å². The Morgan fingerprint density at radius 3 is 2.96 bits per heavy atom. The number of nitrogens with zero attached hydrogens (tertiary/aromatic N) is 1. The highest BCUT2D eigenvalue weighted by Crippen LogP contribution is 2.29. The summed E-state index contributed by atoms with van der Waals surface area (Å²) in [6, 6.07) is 12.6. The summed E-state index contributed by atoms with van der Waals surface area (Å²) in [4.78, 5) is 15.9. The van der Waals surface area contributed by atoms with Crippen molar-refractivity contribution < 1.29 is 14.3 Å². The Bertz CT molecular complexity index is 1100. The van der Waals surface area contributed by atoms with Crippen LogP contribution in [0.2, 0.25) is 0 Å². The molecule has 2 heterocycles. The number of primary amides is 1. The normalized spacial score (nSPS) is 10.9. The van der Waals surface area contributed by atoms with Gasteiger partial charge in [0.2, 0.25) is 0 Å². The maximum atomic E-state index is 11.4. The molecule has 1 amide bonds. The van der Waals surface area contributed by atoms with Crippen molar-refractivity contribution >= 4 is 33.3 Å². The molecule has 0 bridgehead atoms. The van der Waals surface area contributed by atoms with Crippen molar-refractivity contribution in [2.75, 3.05) is 5.32 Å². The molecule has 0 unspecified atom stereocenters. The van der Waals surface area contributed by atoms with Crippen molar-refractivity contribution in [2.24, 2.45) is 5.73 Å². The fraction of sp³-hybridized carbons (Fsp3) is 0.0526. The molecule has 0 saturated heterocycles. The monoisotopic (exact) mass is 365 g/mol. The van der Waals surface area contributed by atoms with Gasteiger partial charge in [-0.2, -0.15) is 0 Å². The Morgan fingerprint density at radius 1 is 1.23 bits per heavy atom. The molecule has 2 aromatic heterocycles. The molecule has 130 valence electrons. The van der Waals surface area contributed by atoms with Gasteiger partial charge in [-0.15, -0.1) is 11.3 Å². The van der Waals surface area contributed by atoms with Crippen LogP contribution >= 0.6 is 11.3 Å². The molecule has 2 aromatic carbocycles. The van der Waals surface area contributed by atoms with Crippen LogP contribution in [0.1, 0.15) is 15.9 Å². The molecule has 7 heteroatoms. The number of nitrogens with one attached hydrogen (secondary N) is 1. The Morgan fingerprint density at radius 2 is 2.12 bits per heavy atom. The molecule has 0 radical (unpaired) electrons. The molecule has 26 heavy (non-hydrogen) atoms. The van der Waals surface area contributed by atoms with Gasteiger partial charge in [0, 0.05) is 22.9 Å². The molecular weight excluding hydrogens is 350 g/mol. The molecule has 6 nitrogen and oxygen atoms in total. The lowest BCUT2D eigenvalue weighted by Gasteiger charge is -2.04. The molecule has 4 N–H and O–H groups in total. The summed E-state index contributed by atoms with van der Waals surface area (Å²) < 4.78 is 5.34. The predicted octanol–water partition coefficient (Wildman–Crippen LogP) is 3.97. The minimum absolute atomic E-state index is 0.0819. The quantitative estimate of drug-likeness (QED) is 0.497. The number of hydrogen-bond donors (Lipinski definition) is 3. The van der Waals surface area contributed by atoms with Gasteiger partial charge in [-0.1, -0.05) is 6.07 Å². The molecule has 4 aromatic rings. The highest BCUT2D eigenvalue weighted by Gasteiger charge is 2.11. The van der Waals surface area contributed by atoms with Crippen LogP contribution in [-0.2, 0) is 6.54 Å². The number of amides is 1. The van der Waals surface area contributed by atoms with E-state index in [2.05, 4.69) is 16.4 Å². The van der Waals surface area contributed by atoms with Crippen LogP contribution in [0.3, 0.4) is 0 Å². The maximum absolute atomic E-state index is 11.4. The van der Waals surface area contributed by atoms with E-state index < -0.39 is 5.91 Å². The summed E-state index contributed by atoms with van der Waals surface area (Å²) in [6.07, 6.45) is 1.67. The minimum Gasteiger partial charge on any atom is -0.507 e. The second-order valence-electron chi connectivity index (χ2n) is 5.78. The lowest BCUT2D eigenvalue weighted by Crippen LogP contribution is -2.11. The molecule has 0 aliphatic carbocycles. The van der Waals surface area contributed by atoms with Gasteiger partial charge < -0.3 is 20.6 Å². The van der Waals surface area contributed by atoms with Gasteiger partial charge in [0.1, 0.15) is 11.3 Å².